The highest BCUT2D eigenvalue weighted by molar-refractivity contribution is 5.75. The molecule has 2 heterocycles. The van der Waals surface area contributed by atoms with Crippen LogP contribution in [0.25, 0.3) is 0 Å². The van der Waals surface area contributed by atoms with Gasteiger partial charge in [0.2, 0.25) is 5.91 Å². The van der Waals surface area contributed by atoms with Crippen molar-refractivity contribution >= 4 is 5.91 Å². The number of hydrogen-bond acceptors (Lipinski definition) is 8. The van der Waals surface area contributed by atoms with Crippen molar-refractivity contribution in [2.75, 3.05) is 13.2 Å². The average molecular weight is 335 g/mol. The number of amides is 1. The smallest absolute Gasteiger partial charge is 0.220 e. The number of rotatable bonds is 5. The second-order valence-electron chi connectivity index (χ2n) is 5.99. The van der Waals surface area contributed by atoms with Gasteiger partial charge in [-0.15, -0.1) is 0 Å². The summed E-state index contributed by atoms with van der Waals surface area (Å²) >= 11 is 0. The van der Waals surface area contributed by atoms with E-state index in [4.69, 9.17) is 14.6 Å². The molecule has 0 aromatic rings. The molecule has 0 aromatic carbocycles. The molecule has 0 bridgehead atoms. The summed E-state index contributed by atoms with van der Waals surface area (Å²) in [7, 11) is 0. The van der Waals surface area contributed by atoms with Crippen LogP contribution in [0.1, 0.15) is 20.3 Å². The van der Waals surface area contributed by atoms with Crippen molar-refractivity contribution in [3.05, 3.63) is 0 Å². The van der Waals surface area contributed by atoms with Gasteiger partial charge >= 0.3 is 0 Å². The van der Waals surface area contributed by atoms with Gasteiger partial charge in [0.15, 0.2) is 6.29 Å². The number of hydrogen-bond donors (Lipinski definition) is 5. The minimum absolute atomic E-state index is 0.0973. The maximum Gasteiger partial charge on any atom is 0.220 e. The Morgan fingerprint density at radius 2 is 1.74 bits per heavy atom. The van der Waals surface area contributed by atoms with Gasteiger partial charge in [-0.05, 0) is 6.42 Å². The quantitative estimate of drug-likeness (QED) is 0.362. The zero-order chi connectivity index (χ0) is 17.3. The normalized spacial score (nSPS) is 44.0. The van der Waals surface area contributed by atoms with Crippen molar-refractivity contribution in [2.45, 2.75) is 69.2 Å². The third-order valence-corrected chi connectivity index (χ3v) is 4.56. The highest BCUT2D eigenvalue weighted by Crippen LogP contribution is 2.30. The summed E-state index contributed by atoms with van der Waals surface area (Å²) in [6, 6.07) is -0.833. The predicted molar refractivity (Wildman–Crippen MR) is 76.1 cm³/mol. The molecular formula is C14H25NO8. The monoisotopic (exact) mass is 335 g/mol. The first-order valence-corrected chi connectivity index (χ1v) is 7.72. The SMILES string of the molecule is CCC1C(O)C(COC2OC(CO)C(O)C(O)C2O)N1C(C)=O. The van der Waals surface area contributed by atoms with Crippen LogP contribution in [0.3, 0.4) is 0 Å². The Bertz CT molecular complexity index is 420. The minimum atomic E-state index is -1.52. The van der Waals surface area contributed by atoms with Gasteiger partial charge in [0, 0.05) is 6.92 Å². The van der Waals surface area contributed by atoms with Crippen LogP contribution in [0.4, 0.5) is 0 Å². The summed E-state index contributed by atoms with van der Waals surface area (Å²) in [6.45, 7) is 2.61. The topological polar surface area (TPSA) is 140 Å². The Hall–Kier alpha value is -0.810. The van der Waals surface area contributed by atoms with Gasteiger partial charge in [-0.25, -0.2) is 0 Å². The molecule has 134 valence electrons. The first kappa shape index (κ1) is 18.5. The summed E-state index contributed by atoms with van der Waals surface area (Å²) in [5, 5.41) is 48.4. The molecule has 0 aliphatic carbocycles. The van der Waals surface area contributed by atoms with E-state index in [1.165, 1.54) is 11.8 Å². The molecule has 23 heavy (non-hydrogen) atoms. The summed E-state index contributed by atoms with van der Waals surface area (Å²) < 4.78 is 10.6. The molecule has 2 saturated heterocycles. The lowest BCUT2D eigenvalue weighted by molar-refractivity contribution is -0.307. The van der Waals surface area contributed by atoms with E-state index in [2.05, 4.69) is 0 Å². The fourth-order valence-electron chi connectivity index (χ4n) is 3.21. The van der Waals surface area contributed by atoms with Crippen LogP contribution in [0.2, 0.25) is 0 Å². The van der Waals surface area contributed by atoms with Gasteiger partial charge in [0.1, 0.15) is 24.4 Å². The van der Waals surface area contributed by atoms with Crippen molar-refractivity contribution in [3.8, 4) is 0 Å². The Morgan fingerprint density at radius 3 is 2.26 bits per heavy atom. The molecule has 9 heteroatoms. The van der Waals surface area contributed by atoms with E-state index in [-0.39, 0.29) is 18.6 Å². The Kier molecular flexibility index (Phi) is 5.95. The van der Waals surface area contributed by atoms with E-state index in [0.29, 0.717) is 6.42 Å². The largest absolute Gasteiger partial charge is 0.394 e. The van der Waals surface area contributed by atoms with Gasteiger partial charge in [-0.1, -0.05) is 6.92 Å². The van der Waals surface area contributed by atoms with E-state index in [1.807, 2.05) is 6.92 Å². The van der Waals surface area contributed by atoms with Crippen LogP contribution in [0.15, 0.2) is 0 Å². The molecule has 2 fully saturated rings. The number of carbonyl (C=O) groups excluding carboxylic acids is 1. The van der Waals surface area contributed by atoms with Crippen LogP contribution >= 0.6 is 0 Å². The van der Waals surface area contributed by atoms with Gasteiger partial charge < -0.3 is 39.9 Å². The molecule has 0 spiro atoms. The number of likely N-dealkylation sites (tertiary alicyclic amines) is 1. The fraction of sp³-hybridized carbons (Fsp3) is 0.929. The van der Waals surface area contributed by atoms with Gasteiger partial charge in [0.25, 0.3) is 0 Å². The van der Waals surface area contributed by atoms with E-state index >= 15 is 0 Å². The van der Waals surface area contributed by atoms with Crippen molar-refractivity contribution in [2.24, 2.45) is 0 Å². The molecule has 5 N–H and O–H groups in total. The maximum atomic E-state index is 11.6. The third kappa shape index (κ3) is 3.36. The second-order valence-corrected chi connectivity index (χ2v) is 5.99. The molecule has 8 unspecified atom stereocenters. The van der Waals surface area contributed by atoms with Gasteiger partial charge in [-0.2, -0.15) is 0 Å². The molecule has 2 aliphatic heterocycles. The molecular weight excluding hydrogens is 310 g/mol. The highest BCUT2D eigenvalue weighted by Gasteiger charge is 2.49. The van der Waals surface area contributed by atoms with E-state index in [9.17, 15) is 25.2 Å². The first-order valence-electron chi connectivity index (χ1n) is 7.72. The summed E-state index contributed by atoms with van der Waals surface area (Å²) in [4.78, 5) is 13.1. The number of nitrogens with zero attached hydrogens (tertiary/aromatic N) is 1. The van der Waals surface area contributed by atoms with Crippen LogP contribution in [0.5, 0.6) is 0 Å². The minimum Gasteiger partial charge on any atom is -0.394 e. The fourth-order valence-corrected chi connectivity index (χ4v) is 3.21. The Balaban J connectivity index is 1.95. The summed E-state index contributed by atoms with van der Waals surface area (Å²) in [5.41, 5.74) is 0. The zero-order valence-corrected chi connectivity index (χ0v) is 13.1. The van der Waals surface area contributed by atoms with Crippen molar-refractivity contribution in [1.29, 1.82) is 0 Å². The standard InChI is InChI=1S/C14H25NO8/c1-3-7-10(18)8(15(7)6(2)17)5-22-14-13(21)12(20)11(19)9(4-16)23-14/h7-14,16,18-21H,3-5H2,1-2H3. The lowest BCUT2D eigenvalue weighted by Crippen LogP contribution is -2.70. The maximum absolute atomic E-state index is 11.6. The average Bonchev–Trinajstić information content (AvgIpc) is 2.52. The van der Waals surface area contributed by atoms with Crippen LogP contribution in [-0.2, 0) is 14.3 Å². The summed E-state index contributed by atoms with van der Waals surface area (Å²) in [5.74, 6) is -0.190. The second kappa shape index (κ2) is 7.39. The van der Waals surface area contributed by atoms with Crippen LogP contribution < -0.4 is 0 Å². The molecule has 0 radical (unpaired) electrons. The van der Waals surface area contributed by atoms with Crippen molar-refractivity contribution in [1.82, 2.24) is 4.90 Å². The third-order valence-electron chi connectivity index (χ3n) is 4.56. The Morgan fingerprint density at radius 1 is 1.09 bits per heavy atom. The number of aliphatic hydroxyl groups is 5. The van der Waals surface area contributed by atoms with Crippen molar-refractivity contribution < 1.29 is 39.8 Å². The molecule has 0 saturated carbocycles. The first-order chi connectivity index (χ1) is 10.8. The van der Waals surface area contributed by atoms with Crippen LogP contribution in [0, 0.1) is 0 Å². The summed E-state index contributed by atoms with van der Waals surface area (Å²) in [6.07, 6.45) is -6.94. The zero-order valence-electron chi connectivity index (χ0n) is 13.1. The van der Waals surface area contributed by atoms with Gasteiger partial charge in [0.05, 0.1) is 31.4 Å². The van der Waals surface area contributed by atoms with E-state index < -0.39 is 49.5 Å². The van der Waals surface area contributed by atoms with Crippen LogP contribution in [-0.4, -0.2) is 98.4 Å². The molecule has 9 nitrogen and oxygen atoms in total. The molecule has 2 aliphatic rings. The lowest BCUT2D eigenvalue weighted by atomic mass is 9.87. The highest BCUT2D eigenvalue weighted by atomic mass is 16.7. The predicted octanol–water partition coefficient (Wildman–Crippen LogP) is -2.83. The molecule has 2 rings (SSSR count). The molecule has 1 amide bonds. The number of ether oxygens (including phenoxy) is 2. The van der Waals surface area contributed by atoms with Crippen molar-refractivity contribution in [3.63, 3.8) is 0 Å². The van der Waals surface area contributed by atoms with Gasteiger partial charge in [-0.3, -0.25) is 4.79 Å². The lowest BCUT2D eigenvalue weighted by Gasteiger charge is -2.52. The number of aliphatic hydroxyl groups excluding tert-OH is 5. The van der Waals surface area contributed by atoms with E-state index in [0.717, 1.165) is 0 Å². The number of carbonyl (C=O) groups is 1. The molecule has 0 aromatic heterocycles. The van der Waals surface area contributed by atoms with E-state index in [1.54, 1.807) is 0 Å². The Labute approximate surface area is 134 Å². The molecule has 8 atom stereocenters.